The molecule has 0 aliphatic rings. The molecule has 0 bridgehead atoms. The summed E-state index contributed by atoms with van der Waals surface area (Å²) in [6.45, 7) is 3.99. The fraction of sp³-hybridized carbons (Fsp3) is 0.100. The van der Waals surface area contributed by atoms with E-state index < -0.39 is 11.0 Å². The van der Waals surface area contributed by atoms with Crippen molar-refractivity contribution in [3.8, 4) is 0 Å². The van der Waals surface area contributed by atoms with Crippen molar-refractivity contribution in [1.29, 1.82) is 0 Å². The highest BCUT2D eigenvalue weighted by atomic mass is 32.2. The smallest absolute Gasteiger partial charge is 0.274 e. The Hall–Kier alpha value is -2.99. The first-order valence-electron chi connectivity index (χ1n) is 8.11. The molecule has 1 unspecified atom stereocenters. The van der Waals surface area contributed by atoms with Crippen LogP contribution in [0, 0.1) is 13.8 Å². The first-order chi connectivity index (χ1) is 12.5. The largest absolute Gasteiger partial charge is 0.321 e. The zero-order chi connectivity index (χ0) is 18.5. The third-order valence-electron chi connectivity index (χ3n) is 3.81. The lowest BCUT2D eigenvalue weighted by Gasteiger charge is -2.10. The highest BCUT2D eigenvalue weighted by Crippen LogP contribution is 2.20. The van der Waals surface area contributed by atoms with Crippen LogP contribution in [0.1, 0.15) is 21.6 Å². The van der Waals surface area contributed by atoms with Crippen LogP contribution in [0.3, 0.4) is 0 Å². The number of amides is 1. The summed E-state index contributed by atoms with van der Waals surface area (Å²) in [5.41, 5.74) is 4.00. The number of hydrogen-bond donors (Lipinski definition) is 2. The number of rotatable bonds is 5. The minimum Gasteiger partial charge on any atom is -0.321 e. The lowest BCUT2D eigenvalue weighted by atomic mass is 10.1. The molecule has 0 saturated heterocycles. The lowest BCUT2D eigenvalue weighted by molar-refractivity contribution is 0.102. The van der Waals surface area contributed by atoms with Gasteiger partial charge < -0.3 is 10.0 Å². The Morgan fingerprint density at radius 2 is 1.77 bits per heavy atom. The molecule has 3 rings (SSSR count). The van der Waals surface area contributed by atoms with Gasteiger partial charge in [-0.2, -0.15) is 0 Å². The second-order valence-corrected chi connectivity index (χ2v) is 7.10. The summed E-state index contributed by atoms with van der Waals surface area (Å²) in [4.78, 5) is 16.7. The van der Waals surface area contributed by atoms with Gasteiger partial charge in [0.15, 0.2) is 0 Å². The third-order valence-corrected chi connectivity index (χ3v) is 4.91. The summed E-state index contributed by atoms with van der Waals surface area (Å²) in [7, 11) is -1.38. The number of aromatic nitrogens is 1. The van der Waals surface area contributed by atoms with Crippen molar-refractivity contribution in [2.45, 2.75) is 18.7 Å². The van der Waals surface area contributed by atoms with Gasteiger partial charge in [-0.3, -0.25) is 9.78 Å². The van der Waals surface area contributed by atoms with Crippen LogP contribution in [0.4, 0.5) is 11.4 Å². The maximum atomic E-state index is 12.5. The van der Waals surface area contributed by atoms with Crippen LogP contribution < -0.4 is 10.0 Å². The first kappa shape index (κ1) is 17.8. The highest BCUT2D eigenvalue weighted by Gasteiger charge is 2.09. The van der Waals surface area contributed by atoms with Crippen molar-refractivity contribution in [2.75, 3.05) is 10.0 Å². The summed E-state index contributed by atoms with van der Waals surface area (Å²) in [5, 5.41) is 2.77. The summed E-state index contributed by atoms with van der Waals surface area (Å²) in [5.74, 6) is -0.284. The van der Waals surface area contributed by atoms with Crippen molar-refractivity contribution in [1.82, 2.24) is 4.98 Å². The molecule has 1 heterocycles. The van der Waals surface area contributed by atoms with Gasteiger partial charge in [0.1, 0.15) is 16.7 Å². The summed E-state index contributed by atoms with van der Waals surface area (Å²) in [6.07, 6.45) is 1.57. The van der Waals surface area contributed by atoms with E-state index in [2.05, 4.69) is 15.0 Å². The minimum atomic E-state index is -1.38. The Balaban J connectivity index is 1.67. The molecule has 3 aromatic rings. The van der Waals surface area contributed by atoms with E-state index in [0.717, 1.165) is 16.8 Å². The summed E-state index contributed by atoms with van der Waals surface area (Å²) >= 11 is 0. The molecule has 1 atom stereocenters. The van der Waals surface area contributed by atoms with Gasteiger partial charge in [-0.05, 0) is 61.9 Å². The summed E-state index contributed by atoms with van der Waals surface area (Å²) < 4.78 is 15.5. The number of carbonyl (C=O) groups is 1. The Bertz CT molecular complexity index is 941. The molecule has 0 saturated carbocycles. The number of carbonyl (C=O) groups excluding carboxylic acids is 1. The van der Waals surface area contributed by atoms with Crippen LogP contribution in [0.15, 0.2) is 71.8 Å². The molecular weight excluding hydrogens is 346 g/mol. The van der Waals surface area contributed by atoms with E-state index in [9.17, 15) is 9.00 Å². The van der Waals surface area contributed by atoms with Gasteiger partial charge in [0, 0.05) is 17.6 Å². The molecule has 1 amide bonds. The Kier molecular flexibility index (Phi) is 5.43. The molecule has 0 aliphatic carbocycles. The minimum absolute atomic E-state index is 0.284. The van der Waals surface area contributed by atoms with Crippen molar-refractivity contribution < 1.29 is 9.00 Å². The van der Waals surface area contributed by atoms with E-state index in [4.69, 9.17) is 0 Å². The number of hydrogen-bond acceptors (Lipinski definition) is 3. The fourth-order valence-electron chi connectivity index (χ4n) is 2.44. The lowest BCUT2D eigenvalue weighted by Crippen LogP contribution is -2.13. The molecule has 0 spiro atoms. The quantitative estimate of drug-likeness (QED) is 0.715. The van der Waals surface area contributed by atoms with Crippen molar-refractivity contribution in [3.05, 3.63) is 83.7 Å². The van der Waals surface area contributed by atoms with Crippen molar-refractivity contribution in [2.24, 2.45) is 0 Å². The number of anilines is 2. The van der Waals surface area contributed by atoms with E-state index in [-0.39, 0.29) is 5.91 Å². The van der Waals surface area contributed by atoms with Gasteiger partial charge in [0.25, 0.3) is 5.91 Å². The third kappa shape index (κ3) is 4.34. The maximum absolute atomic E-state index is 12.5. The molecule has 1 aromatic heterocycles. The van der Waals surface area contributed by atoms with E-state index >= 15 is 0 Å². The second-order valence-electron chi connectivity index (χ2n) is 5.88. The average Bonchev–Trinajstić information content (AvgIpc) is 2.65. The molecular formula is C20H19N3O2S. The SMILES string of the molecule is Cc1ccc(NS(=O)c2ccc(NC(=O)c3ccccn3)cc2)c(C)c1. The highest BCUT2D eigenvalue weighted by molar-refractivity contribution is 7.86. The molecule has 2 aromatic carbocycles. The fourth-order valence-corrected chi connectivity index (χ4v) is 3.37. The summed E-state index contributed by atoms with van der Waals surface area (Å²) in [6, 6.07) is 18.0. The van der Waals surface area contributed by atoms with Gasteiger partial charge in [-0.15, -0.1) is 0 Å². The monoisotopic (exact) mass is 365 g/mol. The zero-order valence-electron chi connectivity index (χ0n) is 14.5. The maximum Gasteiger partial charge on any atom is 0.274 e. The molecule has 0 radical (unpaired) electrons. The molecule has 6 heteroatoms. The molecule has 2 N–H and O–H groups in total. The number of nitrogens with zero attached hydrogens (tertiary/aromatic N) is 1. The van der Waals surface area contributed by atoms with Gasteiger partial charge in [0.2, 0.25) is 0 Å². The number of nitrogens with one attached hydrogen (secondary N) is 2. The molecule has 26 heavy (non-hydrogen) atoms. The molecule has 132 valence electrons. The molecule has 0 aliphatic heterocycles. The van der Waals surface area contributed by atoms with E-state index in [0.29, 0.717) is 16.3 Å². The standard InChI is InChI=1S/C20H19N3O2S/c1-14-6-11-18(15(2)13-14)23-26(25)17-9-7-16(8-10-17)22-20(24)19-5-3-4-12-21-19/h3-13,23H,1-2H3,(H,22,24). The number of pyridine rings is 1. The first-order valence-corrected chi connectivity index (χ1v) is 9.26. The zero-order valence-corrected chi connectivity index (χ0v) is 15.3. The average molecular weight is 365 g/mol. The van der Waals surface area contributed by atoms with Crippen LogP contribution in [0.25, 0.3) is 0 Å². The molecule has 0 fully saturated rings. The Morgan fingerprint density at radius 3 is 2.42 bits per heavy atom. The van der Waals surface area contributed by atoms with Crippen LogP contribution >= 0.6 is 0 Å². The van der Waals surface area contributed by atoms with Gasteiger partial charge in [-0.1, -0.05) is 23.8 Å². The topological polar surface area (TPSA) is 71.1 Å². The number of benzene rings is 2. The van der Waals surface area contributed by atoms with Gasteiger partial charge in [-0.25, -0.2) is 4.21 Å². The van der Waals surface area contributed by atoms with Crippen LogP contribution in [0.2, 0.25) is 0 Å². The predicted octanol–water partition coefficient (Wildman–Crippen LogP) is 4.09. The Morgan fingerprint density at radius 1 is 1.00 bits per heavy atom. The van der Waals surface area contributed by atoms with Gasteiger partial charge in [0.05, 0.1) is 4.90 Å². The normalized spacial score (nSPS) is 11.6. The van der Waals surface area contributed by atoms with Crippen molar-refractivity contribution in [3.63, 3.8) is 0 Å². The van der Waals surface area contributed by atoms with Crippen LogP contribution in [-0.2, 0) is 11.0 Å². The van der Waals surface area contributed by atoms with E-state index in [1.165, 1.54) is 0 Å². The second kappa shape index (κ2) is 7.93. The van der Waals surface area contributed by atoms with Crippen molar-refractivity contribution >= 4 is 28.3 Å². The van der Waals surface area contributed by atoms with E-state index in [1.807, 2.05) is 32.0 Å². The number of aryl methyl sites for hydroxylation is 2. The predicted molar refractivity (Wildman–Crippen MR) is 105 cm³/mol. The molecule has 5 nitrogen and oxygen atoms in total. The van der Waals surface area contributed by atoms with Crippen LogP contribution in [-0.4, -0.2) is 15.1 Å². The Labute approximate surface area is 155 Å². The van der Waals surface area contributed by atoms with Gasteiger partial charge >= 0.3 is 0 Å². The van der Waals surface area contributed by atoms with E-state index in [1.54, 1.807) is 48.7 Å². The van der Waals surface area contributed by atoms with Crippen LogP contribution in [0.5, 0.6) is 0 Å².